The van der Waals surface area contributed by atoms with Crippen LogP contribution in [0.15, 0.2) is 18.2 Å². The van der Waals surface area contributed by atoms with Gasteiger partial charge in [0.15, 0.2) is 0 Å². The van der Waals surface area contributed by atoms with Gasteiger partial charge in [-0.1, -0.05) is 18.5 Å². The van der Waals surface area contributed by atoms with Gasteiger partial charge in [0.25, 0.3) is 0 Å². The minimum Gasteiger partial charge on any atom is -0.390 e. The van der Waals surface area contributed by atoms with Gasteiger partial charge < -0.3 is 10.2 Å². The van der Waals surface area contributed by atoms with Gasteiger partial charge in [-0.15, -0.1) is 0 Å². The third kappa shape index (κ3) is 3.45. The van der Waals surface area contributed by atoms with Crippen molar-refractivity contribution in [3.05, 3.63) is 34.6 Å². The fourth-order valence-corrected chi connectivity index (χ4v) is 1.53. The molecule has 0 spiro atoms. The van der Waals surface area contributed by atoms with E-state index in [-0.39, 0.29) is 6.42 Å². The first kappa shape index (κ1) is 12.4. The van der Waals surface area contributed by atoms with Gasteiger partial charge in [0, 0.05) is 11.4 Å². The Morgan fingerprint density at radius 3 is 2.60 bits per heavy atom. The Kier molecular flexibility index (Phi) is 4.51. The molecule has 2 atom stereocenters. The molecule has 0 fully saturated rings. The van der Waals surface area contributed by atoms with Crippen molar-refractivity contribution in [2.75, 3.05) is 0 Å². The van der Waals surface area contributed by atoms with Crippen molar-refractivity contribution in [2.45, 2.75) is 32.0 Å². The van der Waals surface area contributed by atoms with Crippen LogP contribution in [0.2, 0.25) is 5.02 Å². The highest BCUT2D eigenvalue weighted by Crippen LogP contribution is 2.19. The number of hydrogen-bond acceptors (Lipinski definition) is 2. The molecule has 4 heteroatoms. The molecule has 84 valence electrons. The van der Waals surface area contributed by atoms with Gasteiger partial charge in [-0.05, 0) is 30.2 Å². The monoisotopic (exact) mass is 232 g/mol. The standard InChI is InChI=1S/C11H14ClFO2/c1-2-10(14)11(15)6-7-5-8(13)3-4-9(7)12/h3-5,10-11,14-15H,2,6H2,1H3. The Balaban J connectivity index is 2.75. The van der Waals surface area contributed by atoms with E-state index in [2.05, 4.69) is 0 Å². The van der Waals surface area contributed by atoms with Crippen LogP contribution in [0, 0.1) is 5.82 Å². The number of benzene rings is 1. The van der Waals surface area contributed by atoms with E-state index in [1.807, 2.05) is 0 Å². The Hall–Kier alpha value is -0.640. The Bertz CT molecular complexity index is 330. The molecule has 1 aromatic rings. The summed E-state index contributed by atoms with van der Waals surface area (Å²) in [5.74, 6) is -0.396. The van der Waals surface area contributed by atoms with Crippen LogP contribution >= 0.6 is 11.6 Å². The fourth-order valence-electron chi connectivity index (χ4n) is 1.33. The first-order chi connectivity index (χ1) is 7.04. The molecule has 1 rings (SSSR count). The summed E-state index contributed by atoms with van der Waals surface area (Å²) in [4.78, 5) is 0. The minimum absolute atomic E-state index is 0.158. The zero-order valence-electron chi connectivity index (χ0n) is 8.45. The molecule has 0 aliphatic heterocycles. The quantitative estimate of drug-likeness (QED) is 0.835. The van der Waals surface area contributed by atoms with Crippen molar-refractivity contribution < 1.29 is 14.6 Å². The highest BCUT2D eigenvalue weighted by Gasteiger charge is 2.16. The van der Waals surface area contributed by atoms with Crippen molar-refractivity contribution in [2.24, 2.45) is 0 Å². The van der Waals surface area contributed by atoms with Gasteiger partial charge in [0.1, 0.15) is 5.82 Å². The number of hydrogen-bond donors (Lipinski definition) is 2. The third-order valence-corrected chi connectivity index (χ3v) is 2.67. The lowest BCUT2D eigenvalue weighted by Crippen LogP contribution is -2.27. The summed E-state index contributed by atoms with van der Waals surface area (Å²) in [6.45, 7) is 1.76. The predicted octanol–water partition coefficient (Wildman–Crippen LogP) is 2.15. The highest BCUT2D eigenvalue weighted by molar-refractivity contribution is 6.31. The van der Waals surface area contributed by atoms with E-state index in [1.54, 1.807) is 6.92 Å². The zero-order chi connectivity index (χ0) is 11.4. The normalized spacial score (nSPS) is 15.0. The van der Waals surface area contributed by atoms with Crippen LogP contribution < -0.4 is 0 Å². The molecule has 2 nitrogen and oxygen atoms in total. The summed E-state index contributed by atoms with van der Waals surface area (Å²) in [6, 6.07) is 3.97. The molecule has 0 amide bonds. The van der Waals surface area contributed by atoms with E-state index >= 15 is 0 Å². The Morgan fingerprint density at radius 1 is 1.33 bits per heavy atom. The topological polar surface area (TPSA) is 40.5 Å². The molecule has 0 heterocycles. The smallest absolute Gasteiger partial charge is 0.123 e. The SMILES string of the molecule is CCC(O)C(O)Cc1cc(F)ccc1Cl. The molecule has 1 aromatic carbocycles. The van der Waals surface area contributed by atoms with Gasteiger partial charge in [0.2, 0.25) is 0 Å². The molecular weight excluding hydrogens is 219 g/mol. The van der Waals surface area contributed by atoms with Crippen LogP contribution in [0.4, 0.5) is 4.39 Å². The maximum atomic E-state index is 12.9. The number of halogens is 2. The Labute approximate surface area is 93.3 Å². The van der Waals surface area contributed by atoms with Crippen molar-refractivity contribution >= 4 is 11.6 Å². The summed E-state index contributed by atoms with van der Waals surface area (Å²) in [6.07, 6.45) is -1.10. The summed E-state index contributed by atoms with van der Waals surface area (Å²) >= 11 is 5.83. The second-order valence-corrected chi connectivity index (χ2v) is 3.89. The highest BCUT2D eigenvalue weighted by atomic mass is 35.5. The molecule has 0 aromatic heterocycles. The summed E-state index contributed by atoms with van der Waals surface area (Å²) in [5, 5.41) is 19.3. The summed E-state index contributed by atoms with van der Waals surface area (Å²) in [5.41, 5.74) is 0.511. The van der Waals surface area contributed by atoms with Gasteiger partial charge >= 0.3 is 0 Å². The maximum absolute atomic E-state index is 12.9. The lowest BCUT2D eigenvalue weighted by Gasteiger charge is -2.16. The maximum Gasteiger partial charge on any atom is 0.123 e. The van der Waals surface area contributed by atoms with Crippen LogP contribution in [0.1, 0.15) is 18.9 Å². The van der Waals surface area contributed by atoms with Crippen LogP contribution in [0.5, 0.6) is 0 Å². The predicted molar refractivity (Wildman–Crippen MR) is 57.4 cm³/mol. The van der Waals surface area contributed by atoms with Gasteiger partial charge in [-0.3, -0.25) is 0 Å². The average molecular weight is 233 g/mol. The van der Waals surface area contributed by atoms with Gasteiger partial charge in [0.05, 0.1) is 12.2 Å². The molecule has 0 radical (unpaired) electrons. The average Bonchev–Trinajstić information content (AvgIpc) is 2.22. The molecule has 0 aliphatic carbocycles. The molecule has 0 saturated heterocycles. The van der Waals surface area contributed by atoms with Crippen LogP contribution in [-0.2, 0) is 6.42 Å². The molecule has 0 bridgehead atoms. The van der Waals surface area contributed by atoms with Gasteiger partial charge in [-0.25, -0.2) is 4.39 Å². The second-order valence-electron chi connectivity index (χ2n) is 3.48. The zero-order valence-corrected chi connectivity index (χ0v) is 9.21. The van der Waals surface area contributed by atoms with E-state index in [1.165, 1.54) is 18.2 Å². The second kappa shape index (κ2) is 5.45. The van der Waals surface area contributed by atoms with Crippen LogP contribution in [0.25, 0.3) is 0 Å². The van der Waals surface area contributed by atoms with E-state index in [4.69, 9.17) is 11.6 Å². The van der Waals surface area contributed by atoms with E-state index in [9.17, 15) is 14.6 Å². The lowest BCUT2D eigenvalue weighted by atomic mass is 10.0. The van der Waals surface area contributed by atoms with Crippen molar-refractivity contribution in [3.8, 4) is 0 Å². The summed E-state index contributed by atoms with van der Waals surface area (Å²) < 4.78 is 12.9. The van der Waals surface area contributed by atoms with Crippen LogP contribution in [0.3, 0.4) is 0 Å². The lowest BCUT2D eigenvalue weighted by molar-refractivity contribution is 0.0181. The minimum atomic E-state index is -0.908. The largest absolute Gasteiger partial charge is 0.390 e. The third-order valence-electron chi connectivity index (χ3n) is 2.30. The van der Waals surface area contributed by atoms with Gasteiger partial charge in [-0.2, -0.15) is 0 Å². The van der Waals surface area contributed by atoms with Crippen molar-refractivity contribution in [1.82, 2.24) is 0 Å². The van der Waals surface area contributed by atoms with Crippen LogP contribution in [-0.4, -0.2) is 22.4 Å². The first-order valence-electron chi connectivity index (χ1n) is 4.84. The van der Waals surface area contributed by atoms with E-state index in [0.717, 1.165) is 0 Å². The first-order valence-corrected chi connectivity index (χ1v) is 5.22. The summed E-state index contributed by atoms with van der Waals surface area (Å²) in [7, 11) is 0. The molecule has 15 heavy (non-hydrogen) atoms. The molecular formula is C11H14ClFO2. The van der Waals surface area contributed by atoms with E-state index < -0.39 is 18.0 Å². The number of aliphatic hydroxyl groups is 2. The van der Waals surface area contributed by atoms with Crippen molar-refractivity contribution in [1.29, 1.82) is 0 Å². The Morgan fingerprint density at radius 2 is 2.00 bits per heavy atom. The van der Waals surface area contributed by atoms with E-state index in [0.29, 0.717) is 17.0 Å². The number of aliphatic hydroxyl groups excluding tert-OH is 2. The molecule has 2 unspecified atom stereocenters. The number of rotatable bonds is 4. The molecule has 0 saturated carbocycles. The molecule has 0 aliphatic rings. The van der Waals surface area contributed by atoms with Crippen molar-refractivity contribution in [3.63, 3.8) is 0 Å². The fraction of sp³-hybridized carbons (Fsp3) is 0.455. The molecule has 2 N–H and O–H groups in total.